The van der Waals surface area contributed by atoms with Gasteiger partial charge in [0, 0.05) is 0 Å². The highest BCUT2D eigenvalue weighted by molar-refractivity contribution is 7.91. The fraction of sp³-hybridized carbons (Fsp3) is 0.750. The summed E-state index contributed by atoms with van der Waals surface area (Å²) in [7, 11) is -2.79. The van der Waals surface area contributed by atoms with E-state index in [2.05, 4.69) is 6.58 Å². The Balaban J connectivity index is 2.64. The van der Waals surface area contributed by atoms with E-state index in [1.54, 1.807) is 0 Å². The van der Waals surface area contributed by atoms with Gasteiger partial charge in [0.1, 0.15) is 0 Å². The van der Waals surface area contributed by atoms with Crippen LogP contribution in [0.1, 0.15) is 25.7 Å². The summed E-state index contributed by atoms with van der Waals surface area (Å²) in [5, 5.41) is 0. The zero-order chi connectivity index (χ0) is 8.32. The van der Waals surface area contributed by atoms with Gasteiger partial charge in [-0.3, -0.25) is 0 Å². The highest BCUT2D eigenvalue weighted by atomic mass is 32.2. The topological polar surface area (TPSA) is 34.1 Å². The smallest absolute Gasteiger partial charge is 0.154 e. The summed E-state index contributed by atoms with van der Waals surface area (Å²) in [5.74, 6) is 0.568. The highest BCUT2D eigenvalue weighted by Gasteiger charge is 2.14. The maximum absolute atomic E-state index is 11.2. The van der Waals surface area contributed by atoms with Gasteiger partial charge in [-0.1, -0.05) is 18.6 Å². The molecule has 1 saturated heterocycles. The van der Waals surface area contributed by atoms with Gasteiger partial charge >= 0.3 is 0 Å². The summed E-state index contributed by atoms with van der Waals surface area (Å²) in [6.07, 6.45) is 3.85. The van der Waals surface area contributed by atoms with E-state index < -0.39 is 9.84 Å². The molecule has 0 bridgehead atoms. The SMILES string of the molecule is C=C1CCCCCS(=O)(=O)C1. The Bertz CT molecular complexity index is 239. The van der Waals surface area contributed by atoms with Crippen LogP contribution < -0.4 is 0 Å². The fourth-order valence-electron chi connectivity index (χ4n) is 1.33. The molecule has 1 rings (SSSR count). The first-order valence-corrected chi connectivity index (χ1v) is 5.79. The Morgan fingerprint density at radius 2 is 1.91 bits per heavy atom. The minimum Gasteiger partial charge on any atom is -0.229 e. The van der Waals surface area contributed by atoms with E-state index in [-0.39, 0.29) is 5.75 Å². The molecule has 1 aliphatic heterocycles. The fourth-order valence-corrected chi connectivity index (χ4v) is 2.88. The molecule has 0 saturated carbocycles. The molecule has 2 nitrogen and oxygen atoms in total. The number of sulfone groups is 1. The van der Waals surface area contributed by atoms with Crippen LogP contribution in [-0.4, -0.2) is 19.9 Å². The van der Waals surface area contributed by atoms with Crippen molar-refractivity contribution >= 4 is 9.84 Å². The molecule has 0 aromatic carbocycles. The minimum atomic E-state index is -2.79. The van der Waals surface area contributed by atoms with Crippen molar-refractivity contribution in [2.75, 3.05) is 11.5 Å². The van der Waals surface area contributed by atoms with Gasteiger partial charge in [-0.25, -0.2) is 8.42 Å². The summed E-state index contributed by atoms with van der Waals surface area (Å²) < 4.78 is 22.3. The van der Waals surface area contributed by atoms with Crippen LogP contribution in [0, 0.1) is 0 Å². The first-order valence-electron chi connectivity index (χ1n) is 3.97. The quantitative estimate of drug-likeness (QED) is 0.522. The van der Waals surface area contributed by atoms with Crippen LogP contribution in [0.15, 0.2) is 12.2 Å². The van der Waals surface area contributed by atoms with Crippen molar-refractivity contribution in [2.45, 2.75) is 25.7 Å². The Labute approximate surface area is 68.2 Å². The standard InChI is InChI=1S/C8H14O2S/c1-8-5-3-2-4-6-11(9,10)7-8/h1-7H2. The minimum absolute atomic E-state index is 0.215. The van der Waals surface area contributed by atoms with E-state index in [1.807, 2.05) is 0 Å². The van der Waals surface area contributed by atoms with Crippen LogP contribution in [0.2, 0.25) is 0 Å². The molecule has 0 aliphatic carbocycles. The van der Waals surface area contributed by atoms with Gasteiger partial charge in [-0.05, 0) is 19.3 Å². The average Bonchev–Trinajstić information content (AvgIpc) is 1.82. The third kappa shape index (κ3) is 3.06. The van der Waals surface area contributed by atoms with Crippen LogP contribution in [0.5, 0.6) is 0 Å². The van der Waals surface area contributed by atoms with Crippen LogP contribution in [0.25, 0.3) is 0 Å². The number of rotatable bonds is 0. The lowest BCUT2D eigenvalue weighted by molar-refractivity contribution is 0.585. The molecule has 1 aliphatic rings. The summed E-state index contributed by atoms with van der Waals surface area (Å²) in [4.78, 5) is 0. The van der Waals surface area contributed by atoms with E-state index in [0.717, 1.165) is 31.3 Å². The lowest BCUT2D eigenvalue weighted by atomic mass is 10.1. The van der Waals surface area contributed by atoms with Crippen molar-refractivity contribution in [1.29, 1.82) is 0 Å². The summed E-state index contributed by atoms with van der Waals surface area (Å²) in [6.45, 7) is 3.73. The van der Waals surface area contributed by atoms with Gasteiger partial charge in [-0.15, -0.1) is 0 Å². The van der Waals surface area contributed by atoms with Crippen molar-refractivity contribution in [2.24, 2.45) is 0 Å². The van der Waals surface area contributed by atoms with Gasteiger partial charge in [-0.2, -0.15) is 0 Å². The zero-order valence-corrected chi connectivity index (χ0v) is 7.49. The molecule has 0 N–H and O–H groups in total. The molecule has 64 valence electrons. The van der Waals surface area contributed by atoms with Crippen molar-refractivity contribution in [3.8, 4) is 0 Å². The van der Waals surface area contributed by atoms with Gasteiger partial charge < -0.3 is 0 Å². The van der Waals surface area contributed by atoms with Crippen molar-refractivity contribution in [1.82, 2.24) is 0 Å². The monoisotopic (exact) mass is 174 g/mol. The molecule has 1 heterocycles. The van der Waals surface area contributed by atoms with Crippen LogP contribution >= 0.6 is 0 Å². The Kier molecular flexibility index (Phi) is 2.71. The van der Waals surface area contributed by atoms with Gasteiger partial charge in [0.2, 0.25) is 0 Å². The van der Waals surface area contributed by atoms with Crippen molar-refractivity contribution in [3.05, 3.63) is 12.2 Å². The van der Waals surface area contributed by atoms with Gasteiger partial charge in [0.15, 0.2) is 9.84 Å². The van der Waals surface area contributed by atoms with Crippen LogP contribution in [0.4, 0.5) is 0 Å². The molecular formula is C8H14O2S. The molecule has 0 spiro atoms. The molecule has 0 atom stereocenters. The Morgan fingerprint density at radius 1 is 1.18 bits per heavy atom. The lowest BCUT2D eigenvalue weighted by Gasteiger charge is -2.10. The third-order valence-electron chi connectivity index (χ3n) is 1.91. The van der Waals surface area contributed by atoms with Crippen LogP contribution in [0.3, 0.4) is 0 Å². The molecule has 0 amide bonds. The molecule has 0 radical (unpaired) electrons. The molecule has 11 heavy (non-hydrogen) atoms. The first-order chi connectivity index (χ1) is 5.10. The van der Waals surface area contributed by atoms with Crippen LogP contribution in [-0.2, 0) is 9.84 Å². The van der Waals surface area contributed by atoms with E-state index >= 15 is 0 Å². The Morgan fingerprint density at radius 3 is 2.64 bits per heavy atom. The summed E-state index contributed by atoms with van der Waals surface area (Å²) >= 11 is 0. The van der Waals surface area contributed by atoms with E-state index in [0.29, 0.717) is 5.75 Å². The first kappa shape index (κ1) is 8.78. The Hall–Kier alpha value is -0.310. The average molecular weight is 174 g/mol. The molecule has 1 fully saturated rings. The second-order valence-corrected chi connectivity index (χ2v) is 5.34. The second-order valence-electron chi connectivity index (χ2n) is 3.15. The van der Waals surface area contributed by atoms with Crippen molar-refractivity contribution in [3.63, 3.8) is 0 Å². The maximum atomic E-state index is 11.2. The molecule has 0 aromatic rings. The van der Waals surface area contributed by atoms with E-state index in [9.17, 15) is 8.42 Å². The highest BCUT2D eigenvalue weighted by Crippen LogP contribution is 2.15. The lowest BCUT2D eigenvalue weighted by Crippen LogP contribution is -2.14. The van der Waals surface area contributed by atoms with Gasteiger partial charge in [0.05, 0.1) is 11.5 Å². The molecule has 3 heteroatoms. The summed E-state index contributed by atoms with van der Waals surface area (Å²) in [5.41, 5.74) is 0.879. The molecular weight excluding hydrogens is 160 g/mol. The summed E-state index contributed by atoms with van der Waals surface area (Å²) in [6, 6.07) is 0. The number of hydrogen-bond donors (Lipinski definition) is 0. The number of hydrogen-bond acceptors (Lipinski definition) is 2. The van der Waals surface area contributed by atoms with Gasteiger partial charge in [0.25, 0.3) is 0 Å². The van der Waals surface area contributed by atoms with E-state index in [1.165, 1.54) is 0 Å². The predicted molar refractivity (Wildman–Crippen MR) is 46.3 cm³/mol. The van der Waals surface area contributed by atoms with Crippen molar-refractivity contribution < 1.29 is 8.42 Å². The third-order valence-corrected chi connectivity index (χ3v) is 3.67. The normalized spacial score (nSPS) is 25.6. The predicted octanol–water partition coefficient (Wildman–Crippen LogP) is 1.53. The second kappa shape index (κ2) is 3.39. The molecule has 0 unspecified atom stereocenters. The van der Waals surface area contributed by atoms with E-state index in [4.69, 9.17) is 0 Å². The maximum Gasteiger partial charge on any atom is 0.154 e. The largest absolute Gasteiger partial charge is 0.229 e. The zero-order valence-electron chi connectivity index (χ0n) is 6.67. The molecule has 0 aromatic heterocycles.